The highest BCUT2D eigenvalue weighted by molar-refractivity contribution is 6.42. The molecule has 4 nitrogen and oxygen atoms in total. The topological polar surface area (TPSA) is 46.9 Å². The third kappa shape index (κ3) is 3.60. The van der Waals surface area contributed by atoms with Crippen molar-refractivity contribution in [2.24, 2.45) is 23.7 Å². The minimum Gasteiger partial charge on any atom is -0.347 e. The van der Waals surface area contributed by atoms with E-state index in [2.05, 4.69) is 5.32 Å². The summed E-state index contributed by atoms with van der Waals surface area (Å²) >= 11 is 12.3. The van der Waals surface area contributed by atoms with E-state index in [4.69, 9.17) is 28.3 Å². The van der Waals surface area contributed by atoms with Crippen LogP contribution in [0.4, 0.5) is 0 Å². The Kier molecular flexibility index (Phi) is 5.07. The molecule has 1 amide bonds. The van der Waals surface area contributed by atoms with E-state index in [1.807, 2.05) is 22.9 Å². The molecule has 0 saturated heterocycles. The lowest BCUT2D eigenvalue weighted by atomic mass is 9.54. The van der Waals surface area contributed by atoms with E-state index in [1.165, 1.54) is 37.8 Å². The van der Waals surface area contributed by atoms with Crippen LogP contribution < -0.4 is 5.32 Å². The number of benzene rings is 1. The quantitative estimate of drug-likeness (QED) is 0.642. The van der Waals surface area contributed by atoms with Gasteiger partial charge in [-0.15, -0.1) is 0 Å². The molecule has 5 aliphatic rings. The fourth-order valence-electron chi connectivity index (χ4n) is 7.18. The van der Waals surface area contributed by atoms with Gasteiger partial charge < -0.3 is 5.32 Å². The molecule has 0 spiro atoms. The molecule has 164 valence electrons. The highest BCUT2D eigenvalue weighted by Crippen LogP contribution is 2.53. The van der Waals surface area contributed by atoms with Crippen LogP contribution in [0.2, 0.25) is 10.0 Å². The Morgan fingerprint density at radius 1 is 1.00 bits per heavy atom. The van der Waals surface area contributed by atoms with Crippen molar-refractivity contribution in [1.29, 1.82) is 0 Å². The summed E-state index contributed by atoms with van der Waals surface area (Å²) < 4.78 is 2.03. The molecule has 1 heterocycles. The first-order chi connectivity index (χ1) is 15.0. The second kappa shape index (κ2) is 7.81. The van der Waals surface area contributed by atoms with Crippen molar-refractivity contribution >= 4 is 29.1 Å². The van der Waals surface area contributed by atoms with Gasteiger partial charge >= 0.3 is 0 Å². The van der Waals surface area contributed by atoms with Crippen molar-refractivity contribution in [1.82, 2.24) is 15.1 Å². The highest BCUT2D eigenvalue weighted by atomic mass is 35.5. The maximum absolute atomic E-state index is 13.4. The molecule has 7 rings (SSSR count). The molecule has 6 heteroatoms. The van der Waals surface area contributed by atoms with Gasteiger partial charge in [0, 0.05) is 17.3 Å². The third-order valence-electron chi connectivity index (χ3n) is 8.31. The van der Waals surface area contributed by atoms with Crippen molar-refractivity contribution < 1.29 is 4.79 Å². The smallest absolute Gasteiger partial charge is 0.272 e. The van der Waals surface area contributed by atoms with Crippen LogP contribution in [0.5, 0.6) is 0 Å². The second-order valence-electron chi connectivity index (χ2n) is 10.3. The van der Waals surface area contributed by atoms with E-state index >= 15 is 0 Å². The first-order valence-electron chi connectivity index (χ1n) is 11.9. The molecule has 4 bridgehead atoms. The minimum atomic E-state index is 0.0449. The Bertz CT molecular complexity index is 1000. The van der Waals surface area contributed by atoms with Crippen molar-refractivity contribution in [2.75, 3.05) is 0 Å². The Balaban J connectivity index is 1.26. The van der Waals surface area contributed by atoms with Crippen LogP contribution in [0.1, 0.15) is 72.3 Å². The summed E-state index contributed by atoms with van der Waals surface area (Å²) in [5, 5.41) is 9.43. The molecule has 4 saturated carbocycles. The standard InChI is InChI=1S/C25H29Cl2N3O/c26-20-6-5-14(12-21(20)27)13-30-22-4-2-1-3-19(22)24(29-30)25(31)28-23-17-8-15-7-16(10-17)11-18(23)9-15/h5-6,12,15-18,23H,1-4,7-11,13H2,(H,28,31). The Morgan fingerprint density at radius 3 is 2.42 bits per heavy atom. The maximum Gasteiger partial charge on any atom is 0.272 e. The van der Waals surface area contributed by atoms with Crippen LogP contribution in [-0.2, 0) is 19.4 Å². The first-order valence-corrected chi connectivity index (χ1v) is 12.6. The van der Waals surface area contributed by atoms with Crippen LogP contribution in [0.15, 0.2) is 18.2 Å². The van der Waals surface area contributed by atoms with Crippen molar-refractivity contribution in [3.63, 3.8) is 0 Å². The van der Waals surface area contributed by atoms with E-state index in [0.29, 0.717) is 40.2 Å². The normalized spacial score (nSPS) is 31.0. The number of hydrogen-bond acceptors (Lipinski definition) is 2. The number of nitrogens with zero attached hydrogens (tertiary/aromatic N) is 2. The van der Waals surface area contributed by atoms with E-state index in [1.54, 1.807) is 0 Å². The lowest BCUT2D eigenvalue weighted by molar-refractivity contribution is -0.0120. The molecule has 1 N–H and O–H groups in total. The molecule has 1 aromatic heterocycles. The zero-order valence-electron chi connectivity index (χ0n) is 17.7. The van der Waals surface area contributed by atoms with Crippen molar-refractivity contribution in [3.8, 4) is 0 Å². The van der Waals surface area contributed by atoms with Gasteiger partial charge in [0.2, 0.25) is 0 Å². The molecule has 0 atom stereocenters. The monoisotopic (exact) mass is 457 g/mol. The van der Waals surface area contributed by atoms with Crippen LogP contribution in [-0.4, -0.2) is 21.7 Å². The van der Waals surface area contributed by atoms with Gasteiger partial charge in [0.25, 0.3) is 5.91 Å². The lowest BCUT2D eigenvalue weighted by Crippen LogP contribution is -2.56. The van der Waals surface area contributed by atoms with Gasteiger partial charge in [-0.25, -0.2) is 0 Å². The lowest BCUT2D eigenvalue weighted by Gasteiger charge is -2.54. The minimum absolute atomic E-state index is 0.0449. The molecule has 2 aromatic rings. The molecule has 5 aliphatic carbocycles. The number of amides is 1. The van der Waals surface area contributed by atoms with Gasteiger partial charge in [0.15, 0.2) is 5.69 Å². The maximum atomic E-state index is 13.4. The molecule has 0 unspecified atom stereocenters. The van der Waals surface area contributed by atoms with E-state index < -0.39 is 0 Å². The molecule has 0 radical (unpaired) electrons. The molecule has 4 fully saturated rings. The van der Waals surface area contributed by atoms with Crippen LogP contribution in [0.25, 0.3) is 0 Å². The second-order valence-corrected chi connectivity index (χ2v) is 11.1. The summed E-state index contributed by atoms with van der Waals surface area (Å²) in [5.41, 5.74) is 4.09. The summed E-state index contributed by atoms with van der Waals surface area (Å²) in [4.78, 5) is 13.4. The molecule has 0 aliphatic heterocycles. The largest absolute Gasteiger partial charge is 0.347 e. The third-order valence-corrected chi connectivity index (χ3v) is 9.05. The molecule has 31 heavy (non-hydrogen) atoms. The van der Waals surface area contributed by atoms with Gasteiger partial charge in [-0.05, 0) is 99.2 Å². The number of carbonyl (C=O) groups is 1. The number of carbonyl (C=O) groups excluding carboxylic acids is 1. The van der Waals surface area contributed by atoms with Gasteiger partial charge in [-0.3, -0.25) is 9.48 Å². The number of hydrogen-bond donors (Lipinski definition) is 1. The number of rotatable bonds is 4. The van der Waals surface area contributed by atoms with Gasteiger partial charge in [0.1, 0.15) is 0 Å². The fraction of sp³-hybridized carbons (Fsp3) is 0.600. The van der Waals surface area contributed by atoms with Crippen molar-refractivity contribution in [2.45, 2.75) is 70.4 Å². The Morgan fingerprint density at radius 2 is 1.71 bits per heavy atom. The average Bonchev–Trinajstić information content (AvgIpc) is 3.11. The summed E-state index contributed by atoms with van der Waals surface area (Å²) in [6.45, 7) is 0.616. The Labute approximate surface area is 193 Å². The zero-order chi connectivity index (χ0) is 21.1. The molecular formula is C25H29Cl2N3O. The highest BCUT2D eigenvalue weighted by Gasteiger charge is 2.48. The molecular weight excluding hydrogens is 429 g/mol. The summed E-state index contributed by atoms with van der Waals surface area (Å²) in [7, 11) is 0. The number of nitrogens with one attached hydrogen (secondary N) is 1. The van der Waals surface area contributed by atoms with Crippen molar-refractivity contribution in [3.05, 3.63) is 50.8 Å². The summed E-state index contributed by atoms with van der Waals surface area (Å²) in [5.74, 6) is 3.22. The predicted octanol–water partition coefficient (Wildman–Crippen LogP) is 5.67. The fourth-order valence-corrected chi connectivity index (χ4v) is 7.50. The van der Waals surface area contributed by atoms with Crippen LogP contribution in [0, 0.1) is 23.7 Å². The van der Waals surface area contributed by atoms with Gasteiger partial charge in [-0.1, -0.05) is 29.3 Å². The average molecular weight is 458 g/mol. The summed E-state index contributed by atoms with van der Waals surface area (Å²) in [6.07, 6.45) is 10.9. The van der Waals surface area contributed by atoms with Gasteiger partial charge in [-0.2, -0.15) is 5.10 Å². The Hall–Kier alpha value is -1.52. The number of halogens is 2. The van der Waals surface area contributed by atoms with E-state index in [-0.39, 0.29) is 5.91 Å². The van der Waals surface area contributed by atoms with E-state index in [9.17, 15) is 4.79 Å². The van der Waals surface area contributed by atoms with Gasteiger partial charge in [0.05, 0.1) is 16.6 Å². The SMILES string of the molecule is O=C(NC1C2CC3CC(C2)CC1C3)c1nn(Cc2ccc(Cl)c(Cl)c2)c2c1CCCC2. The number of fused-ring (bicyclic) bond motifs is 1. The van der Waals surface area contributed by atoms with Crippen LogP contribution in [0.3, 0.4) is 0 Å². The summed E-state index contributed by atoms with van der Waals surface area (Å²) in [6, 6.07) is 6.06. The number of aromatic nitrogens is 2. The zero-order valence-corrected chi connectivity index (χ0v) is 19.3. The first kappa shape index (κ1) is 20.1. The van der Waals surface area contributed by atoms with E-state index in [0.717, 1.165) is 48.6 Å². The van der Waals surface area contributed by atoms with Crippen LogP contribution >= 0.6 is 23.2 Å². The predicted molar refractivity (Wildman–Crippen MR) is 123 cm³/mol. The molecule has 1 aromatic carbocycles.